The standard InChI is InChI=1S/C5H10F2N2/c1-4(8)9(2)3-5(6)7/h5,8H,3H2,1-2H3. The van der Waals surface area contributed by atoms with Gasteiger partial charge in [-0.15, -0.1) is 0 Å². The maximum Gasteiger partial charge on any atom is 0.255 e. The topological polar surface area (TPSA) is 27.1 Å². The number of rotatable bonds is 2. The first-order chi connectivity index (χ1) is 4.04. The van der Waals surface area contributed by atoms with Gasteiger partial charge in [0.2, 0.25) is 0 Å². The van der Waals surface area contributed by atoms with Crippen molar-refractivity contribution in [3.63, 3.8) is 0 Å². The molecule has 0 atom stereocenters. The summed E-state index contributed by atoms with van der Waals surface area (Å²) < 4.78 is 23.0. The van der Waals surface area contributed by atoms with Gasteiger partial charge in [-0.25, -0.2) is 8.78 Å². The van der Waals surface area contributed by atoms with E-state index >= 15 is 0 Å². The van der Waals surface area contributed by atoms with Crippen LogP contribution in [0, 0.1) is 5.41 Å². The number of hydrogen-bond acceptors (Lipinski definition) is 1. The van der Waals surface area contributed by atoms with Crippen molar-refractivity contribution in [3.8, 4) is 0 Å². The number of hydrogen-bond donors (Lipinski definition) is 1. The molecule has 0 aliphatic rings. The minimum absolute atomic E-state index is 0.162. The van der Waals surface area contributed by atoms with Gasteiger partial charge in [0.1, 0.15) is 0 Å². The smallest absolute Gasteiger partial charge is 0.255 e. The SMILES string of the molecule is CC(=N)N(C)CC(F)F. The van der Waals surface area contributed by atoms with Crippen molar-refractivity contribution in [2.45, 2.75) is 13.3 Å². The highest BCUT2D eigenvalue weighted by Gasteiger charge is 2.06. The maximum atomic E-state index is 11.5. The fraction of sp³-hybridized carbons (Fsp3) is 0.800. The molecule has 0 aliphatic carbocycles. The second-order valence-corrected chi connectivity index (χ2v) is 1.86. The molecule has 0 aromatic rings. The van der Waals surface area contributed by atoms with Gasteiger partial charge in [0.05, 0.1) is 12.4 Å². The quantitative estimate of drug-likeness (QED) is 0.448. The molecule has 0 rings (SSSR count). The summed E-state index contributed by atoms with van der Waals surface area (Å²) in [5, 5.41) is 6.89. The van der Waals surface area contributed by atoms with Crippen molar-refractivity contribution >= 4 is 5.84 Å². The molecule has 0 fully saturated rings. The Kier molecular flexibility index (Phi) is 3.12. The Balaban J connectivity index is 3.50. The van der Waals surface area contributed by atoms with Gasteiger partial charge in [-0.05, 0) is 6.92 Å². The second kappa shape index (κ2) is 3.37. The summed E-state index contributed by atoms with van der Waals surface area (Å²) in [5.41, 5.74) is 0. The number of nitrogens with one attached hydrogen (secondary N) is 1. The number of amidine groups is 1. The van der Waals surface area contributed by atoms with E-state index in [0.717, 1.165) is 0 Å². The van der Waals surface area contributed by atoms with E-state index in [2.05, 4.69) is 0 Å². The number of halogens is 2. The molecule has 0 saturated carbocycles. The zero-order valence-electron chi connectivity index (χ0n) is 5.49. The average molecular weight is 136 g/mol. The normalized spacial score (nSPS) is 9.89. The van der Waals surface area contributed by atoms with Crippen molar-refractivity contribution in [1.29, 1.82) is 5.41 Å². The summed E-state index contributed by atoms with van der Waals surface area (Å²) in [6, 6.07) is 0. The van der Waals surface area contributed by atoms with Crippen LogP contribution in [0.2, 0.25) is 0 Å². The molecular formula is C5H10F2N2. The molecule has 1 N–H and O–H groups in total. The molecule has 54 valence electrons. The molecule has 0 amide bonds. The minimum atomic E-state index is -2.35. The summed E-state index contributed by atoms with van der Waals surface area (Å²) in [7, 11) is 1.47. The molecular weight excluding hydrogens is 126 g/mol. The highest BCUT2D eigenvalue weighted by Crippen LogP contribution is 1.94. The van der Waals surface area contributed by atoms with Crippen molar-refractivity contribution in [3.05, 3.63) is 0 Å². The predicted octanol–water partition coefficient (Wildman–Crippen LogP) is 1.18. The lowest BCUT2D eigenvalue weighted by Gasteiger charge is -2.15. The van der Waals surface area contributed by atoms with Gasteiger partial charge in [0, 0.05) is 7.05 Å². The summed E-state index contributed by atoms with van der Waals surface area (Å²) >= 11 is 0. The van der Waals surface area contributed by atoms with Crippen LogP contribution in [0.25, 0.3) is 0 Å². The molecule has 4 heteroatoms. The summed E-state index contributed by atoms with van der Waals surface area (Å²) in [6.45, 7) is 1.12. The Hall–Kier alpha value is -0.670. The Bertz CT molecular complexity index is 103. The average Bonchev–Trinajstić information content (AvgIpc) is 1.63. The van der Waals surface area contributed by atoms with Crippen LogP contribution in [0.4, 0.5) is 8.78 Å². The third-order valence-corrected chi connectivity index (χ3v) is 0.984. The molecule has 0 aliphatic heterocycles. The van der Waals surface area contributed by atoms with E-state index in [1.807, 2.05) is 0 Å². The number of alkyl halides is 2. The lowest BCUT2D eigenvalue weighted by molar-refractivity contribution is 0.123. The van der Waals surface area contributed by atoms with Crippen LogP contribution >= 0.6 is 0 Å². The molecule has 9 heavy (non-hydrogen) atoms. The van der Waals surface area contributed by atoms with E-state index in [4.69, 9.17) is 5.41 Å². The van der Waals surface area contributed by atoms with E-state index in [1.54, 1.807) is 0 Å². The maximum absolute atomic E-state index is 11.5. The fourth-order valence-corrected chi connectivity index (χ4v) is 0.344. The number of nitrogens with zero attached hydrogens (tertiary/aromatic N) is 1. The molecule has 0 saturated heterocycles. The highest BCUT2D eigenvalue weighted by molar-refractivity contribution is 5.75. The highest BCUT2D eigenvalue weighted by atomic mass is 19.3. The summed E-state index contributed by atoms with van der Waals surface area (Å²) in [4.78, 5) is 1.20. The Morgan fingerprint density at radius 1 is 1.67 bits per heavy atom. The van der Waals surface area contributed by atoms with E-state index < -0.39 is 6.43 Å². The van der Waals surface area contributed by atoms with Crippen LogP contribution in [0.3, 0.4) is 0 Å². The first-order valence-corrected chi connectivity index (χ1v) is 2.58. The van der Waals surface area contributed by atoms with E-state index in [0.29, 0.717) is 0 Å². The van der Waals surface area contributed by atoms with Crippen molar-refractivity contribution in [2.75, 3.05) is 13.6 Å². The van der Waals surface area contributed by atoms with E-state index in [-0.39, 0.29) is 12.4 Å². The van der Waals surface area contributed by atoms with Gasteiger partial charge < -0.3 is 4.90 Å². The minimum Gasteiger partial charge on any atom is -0.358 e. The molecule has 0 heterocycles. The van der Waals surface area contributed by atoms with Gasteiger partial charge in [-0.1, -0.05) is 0 Å². The van der Waals surface area contributed by atoms with Crippen molar-refractivity contribution in [1.82, 2.24) is 4.90 Å². The molecule has 0 radical (unpaired) electrons. The molecule has 2 nitrogen and oxygen atoms in total. The Morgan fingerprint density at radius 2 is 2.11 bits per heavy atom. The monoisotopic (exact) mass is 136 g/mol. The zero-order valence-corrected chi connectivity index (χ0v) is 5.49. The summed E-state index contributed by atoms with van der Waals surface area (Å²) in [5.74, 6) is 0.162. The largest absolute Gasteiger partial charge is 0.358 e. The van der Waals surface area contributed by atoms with Crippen LogP contribution in [-0.2, 0) is 0 Å². The van der Waals surface area contributed by atoms with Crippen LogP contribution < -0.4 is 0 Å². The molecule has 0 aromatic heterocycles. The third-order valence-electron chi connectivity index (χ3n) is 0.984. The van der Waals surface area contributed by atoms with Gasteiger partial charge in [-0.3, -0.25) is 5.41 Å². The van der Waals surface area contributed by atoms with Crippen molar-refractivity contribution < 1.29 is 8.78 Å². The first-order valence-electron chi connectivity index (χ1n) is 2.58. The van der Waals surface area contributed by atoms with Crippen LogP contribution in [0.5, 0.6) is 0 Å². The molecule has 0 bridgehead atoms. The van der Waals surface area contributed by atoms with Crippen LogP contribution in [0.1, 0.15) is 6.92 Å². The predicted molar refractivity (Wildman–Crippen MR) is 32.0 cm³/mol. The molecule has 0 unspecified atom stereocenters. The van der Waals surface area contributed by atoms with Crippen LogP contribution in [-0.4, -0.2) is 30.8 Å². The van der Waals surface area contributed by atoms with E-state index in [9.17, 15) is 8.78 Å². The second-order valence-electron chi connectivity index (χ2n) is 1.86. The lowest BCUT2D eigenvalue weighted by atomic mass is 10.5. The first kappa shape index (κ1) is 8.33. The lowest BCUT2D eigenvalue weighted by Crippen LogP contribution is -2.28. The van der Waals surface area contributed by atoms with Gasteiger partial charge in [0.15, 0.2) is 0 Å². The van der Waals surface area contributed by atoms with Gasteiger partial charge >= 0.3 is 0 Å². The van der Waals surface area contributed by atoms with Crippen LogP contribution in [0.15, 0.2) is 0 Å². The zero-order chi connectivity index (χ0) is 7.44. The Morgan fingerprint density at radius 3 is 2.22 bits per heavy atom. The molecule has 0 spiro atoms. The van der Waals surface area contributed by atoms with E-state index in [1.165, 1.54) is 18.9 Å². The van der Waals surface area contributed by atoms with Gasteiger partial charge in [-0.2, -0.15) is 0 Å². The summed E-state index contributed by atoms with van der Waals surface area (Å²) in [6.07, 6.45) is -2.35. The fourth-order valence-electron chi connectivity index (χ4n) is 0.344. The third kappa shape index (κ3) is 3.88. The molecule has 0 aromatic carbocycles. The van der Waals surface area contributed by atoms with Gasteiger partial charge in [0.25, 0.3) is 6.43 Å². The van der Waals surface area contributed by atoms with Crippen molar-refractivity contribution in [2.24, 2.45) is 0 Å². The Labute approximate surface area is 53.0 Å².